The topological polar surface area (TPSA) is 0 Å². The summed E-state index contributed by atoms with van der Waals surface area (Å²) in [6.07, 6.45) is 9.49. The lowest BCUT2D eigenvalue weighted by Crippen LogP contribution is -2.15. The number of rotatable bonds is 4. The third kappa shape index (κ3) is 4.14. The van der Waals surface area contributed by atoms with Gasteiger partial charge in [-0.05, 0) is 80.6 Å². The summed E-state index contributed by atoms with van der Waals surface area (Å²) < 4.78 is 1.13. The molecule has 0 N–H and O–H groups in total. The van der Waals surface area contributed by atoms with E-state index in [-0.39, 0.29) is 5.41 Å². The SMILES string of the molecule is Cc1ccccc1C1=C(/C=C\c2cccc3c2-c2ccccc2C3(C)C)C(C)C(c2cccc(Br)c2)C=C1. The van der Waals surface area contributed by atoms with Crippen molar-refractivity contribution in [2.45, 2.75) is 39.0 Å². The molecule has 2 aliphatic rings. The Hall–Kier alpha value is -3.42. The summed E-state index contributed by atoms with van der Waals surface area (Å²) in [4.78, 5) is 0. The van der Waals surface area contributed by atoms with Gasteiger partial charge in [0.25, 0.3) is 0 Å². The minimum absolute atomic E-state index is 0.00795. The van der Waals surface area contributed by atoms with E-state index in [0.717, 1.165) is 4.47 Å². The normalized spacial score (nSPS) is 19.6. The highest BCUT2D eigenvalue weighted by molar-refractivity contribution is 9.10. The van der Waals surface area contributed by atoms with Crippen LogP contribution >= 0.6 is 15.9 Å². The molecule has 4 aromatic rings. The molecule has 0 radical (unpaired) electrons. The van der Waals surface area contributed by atoms with Gasteiger partial charge in [0.05, 0.1) is 0 Å². The molecule has 6 rings (SSSR count). The third-order valence-electron chi connectivity index (χ3n) is 8.56. The van der Waals surface area contributed by atoms with Gasteiger partial charge in [0.2, 0.25) is 0 Å². The monoisotopic (exact) mass is 556 g/mol. The molecule has 38 heavy (non-hydrogen) atoms. The molecule has 0 amide bonds. The minimum atomic E-state index is 0.00795. The number of benzene rings is 4. The van der Waals surface area contributed by atoms with Crippen molar-refractivity contribution < 1.29 is 0 Å². The predicted molar refractivity (Wildman–Crippen MR) is 166 cm³/mol. The van der Waals surface area contributed by atoms with Crippen LogP contribution in [0.5, 0.6) is 0 Å². The average Bonchev–Trinajstić information content (AvgIpc) is 3.15. The van der Waals surface area contributed by atoms with E-state index in [9.17, 15) is 0 Å². The summed E-state index contributed by atoms with van der Waals surface area (Å²) in [5.41, 5.74) is 13.5. The second-order valence-corrected chi connectivity index (χ2v) is 12.1. The lowest BCUT2D eigenvalue weighted by atomic mass is 9.75. The molecule has 4 aromatic carbocycles. The van der Waals surface area contributed by atoms with Crippen molar-refractivity contribution in [3.05, 3.63) is 153 Å². The van der Waals surface area contributed by atoms with Crippen LogP contribution in [0, 0.1) is 12.8 Å². The van der Waals surface area contributed by atoms with Gasteiger partial charge in [0.1, 0.15) is 0 Å². The number of aryl methyl sites for hydroxylation is 1. The van der Waals surface area contributed by atoms with E-state index in [2.05, 4.69) is 159 Å². The number of hydrogen-bond acceptors (Lipinski definition) is 0. The smallest absolute Gasteiger partial charge is 0.0178 e. The van der Waals surface area contributed by atoms with Crippen LogP contribution in [-0.2, 0) is 5.41 Å². The molecule has 0 bridgehead atoms. The van der Waals surface area contributed by atoms with Crippen LogP contribution < -0.4 is 0 Å². The molecule has 1 heteroatoms. The Morgan fingerprint density at radius 1 is 0.763 bits per heavy atom. The molecule has 0 aliphatic heterocycles. The summed E-state index contributed by atoms with van der Waals surface area (Å²) in [5.74, 6) is 0.654. The first kappa shape index (κ1) is 24.9. The maximum atomic E-state index is 3.68. The van der Waals surface area contributed by atoms with Crippen LogP contribution in [0.2, 0.25) is 0 Å². The average molecular weight is 558 g/mol. The van der Waals surface area contributed by atoms with Gasteiger partial charge in [0, 0.05) is 15.8 Å². The van der Waals surface area contributed by atoms with Crippen molar-refractivity contribution in [2.24, 2.45) is 5.92 Å². The molecular formula is C37H33Br. The molecule has 2 aliphatic carbocycles. The highest BCUT2D eigenvalue weighted by atomic mass is 79.9. The van der Waals surface area contributed by atoms with E-state index >= 15 is 0 Å². The first-order valence-corrected chi connectivity index (χ1v) is 14.3. The molecule has 0 fully saturated rings. The minimum Gasteiger partial charge on any atom is -0.0758 e. The van der Waals surface area contributed by atoms with Crippen molar-refractivity contribution >= 4 is 27.6 Å². The highest BCUT2D eigenvalue weighted by Crippen LogP contribution is 2.50. The molecular weight excluding hydrogens is 524 g/mol. The lowest BCUT2D eigenvalue weighted by molar-refractivity contribution is 0.614. The molecule has 188 valence electrons. The van der Waals surface area contributed by atoms with Crippen LogP contribution in [0.1, 0.15) is 60.1 Å². The van der Waals surface area contributed by atoms with Crippen LogP contribution in [0.15, 0.2) is 119 Å². The number of allylic oxidation sites excluding steroid dienone is 5. The zero-order chi connectivity index (χ0) is 26.4. The lowest BCUT2D eigenvalue weighted by Gasteiger charge is -2.29. The molecule has 0 aromatic heterocycles. The maximum Gasteiger partial charge on any atom is 0.0178 e. The van der Waals surface area contributed by atoms with Gasteiger partial charge in [0.15, 0.2) is 0 Å². The Morgan fingerprint density at radius 2 is 1.47 bits per heavy atom. The molecule has 0 spiro atoms. The fraction of sp³-hybridized carbons (Fsp3) is 0.189. The van der Waals surface area contributed by atoms with Crippen molar-refractivity contribution in [3.63, 3.8) is 0 Å². The van der Waals surface area contributed by atoms with Gasteiger partial charge in [-0.1, -0.05) is 140 Å². The summed E-state index contributed by atoms with van der Waals surface area (Å²) >= 11 is 3.68. The standard InChI is InChI=1S/C37H33Br/c1-24-11-5-6-15-29(24)32-22-21-30(27-13-9-14-28(38)23-27)25(2)31(32)20-19-26-12-10-18-35-36(26)33-16-7-8-17-34(33)37(35,3)4/h5-23,25,30H,1-4H3/b20-19-. The van der Waals surface area contributed by atoms with E-state index < -0.39 is 0 Å². The van der Waals surface area contributed by atoms with Gasteiger partial charge in [-0.25, -0.2) is 0 Å². The Bertz CT molecular complexity index is 1630. The molecule has 2 unspecified atom stereocenters. The van der Waals surface area contributed by atoms with Gasteiger partial charge >= 0.3 is 0 Å². The van der Waals surface area contributed by atoms with Crippen LogP contribution in [0.4, 0.5) is 0 Å². The molecule has 2 atom stereocenters. The summed E-state index contributed by atoms with van der Waals surface area (Å²) in [6.45, 7) is 9.29. The summed E-state index contributed by atoms with van der Waals surface area (Å²) in [6, 6.07) is 33.2. The van der Waals surface area contributed by atoms with E-state index in [1.807, 2.05) is 0 Å². The molecule has 0 nitrogen and oxygen atoms in total. The zero-order valence-electron chi connectivity index (χ0n) is 22.5. The molecule has 0 heterocycles. The number of halogens is 1. The summed E-state index contributed by atoms with van der Waals surface area (Å²) in [7, 11) is 0. The number of hydrogen-bond donors (Lipinski definition) is 0. The third-order valence-corrected chi connectivity index (χ3v) is 9.05. The van der Waals surface area contributed by atoms with Crippen LogP contribution in [0.3, 0.4) is 0 Å². The van der Waals surface area contributed by atoms with Gasteiger partial charge in [-0.3, -0.25) is 0 Å². The van der Waals surface area contributed by atoms with Gasteiger partial charge in [-0.2, -0.15) is 0 Å². The van der Waals surface area contributed by atoms with E-state index in [0.29, 0.717) is 11.8 Å². The van der Waals surface area contributed by atoms with E-state index in [1.165, 1.54) is 55.7 Å². The van der Waals surface area contributed by atoms with Crippen molar-refractivity contribution in [2.75, 3.05) is 0 Å². The van der Waals surface area contributed by atoms with E-state index in [4.69, 9.17) is 0 Å². The number of fused-ring (bicyclic) bond motifs is 3. The van der Waals surface area contributed by atoms with Crippen molar-refractivity contribution in [1.29, 1.82) is 0 Å². The zero-order valence-corrected chi connectivity index (χ0v) is 24.1. The quantitative estimate of drug-likeness (QED) is 0.234. The highest BCUT2D eigenvalue weighted by Gasteiger charge is 2.36. The van der Waals surface area contributed by atoms with Gasteiger partial charge < -0.3 is 0 Å². The van der Waals surface area contributed by atoms with Crippen molar-refractivity contribution in [1.82, 2.24) is 0 Å². The fourth-order valence-electron chi connectivity index (χ4n) is 6.48. The largest absolute Gasteiger partial charge is 0.0758 e. The van der Waals surface area contributed by atoms with Crippen molar-refractivity contribution in [3.8, 4) is 11.1 Å². The second kappa shape index (κ2) is 9.71. The first-order valence-electron chi connectivity index (χ1n) is 13.5. The fourth-order valence-corrected chi connectivity index (χ4v) is 6.90. The first-order chi connectivity index (χ1) is 18.4. The predicted octanol–water partition coefficient (Wildman–Crippen LogP) is 10.5. The Kier molecular flexibility index (Phi) is 6.36. The van der Waals surface area contributed by atoms with Crippen LogP contribution in [-0.4, -0.2) is 0 Å². The maximum absolute atomic E-state index is 3.68. The van der Waals surface area contributed by atoms with Gasteiger partial charge in [-0.15, -0.1) is 0 Å². The Labute approximate surface area is 235 Å². The second-order valence-electron chi connectivity index (χ2n) is 11.2. The Balaban J connectivity index is 1.49. The molecule has 0 saturated carbocycles. The summed E-state index contributed by atoms with van der Waals surface area (Å²) in [5, 5.41) is 0. The Morgan fingerprint density at radius 3 is 2.26 bits per heavy atom. The van der Waals surface area contributed by atoms with Crippen LogP contribution in [0.25, 0.3) is 22.8 Å². The van der Waals surface area contributed by atoms with E-state index in [1.54, 1.807) is 0 Å². The molecule has 0 saturated heterocycles.